The van der Waals surface area contributed by atoms with Crippen LogP contribution in [0.25, 0.3) is 0 Å². The lowest BCUT2D eigenvalue weighted by Crippen LogP contribution is -2.36. The fourth-order valence-corrected chi connectivity index (χ4v) is 3.04. The van der Waals surface area contributed by atoms with Crippen molar-refractivity contribution in [2.75, 3.05) is 19.6 Å². The summed E-state index contributed by atoms with van der Waals surface area (Å²) in [6.45, 7) is 3.26. The van der Waals surface area contributed by atoms with Crippen LogP contribution in [0.5, 0.6) is 0 Å². The Hall–Kier alpha value is -0.610. The first-order valence-electron chi connectivity index (χ1n) is 7.48. The third-order valence-corrected chi connectivity index (χ3v) is 4.62. The van der Waals surface area contributed by atoms with Crippen molar-refractivity contribution in [3.63, 3.8) is 0 Å². The van der Waals surface area contributed by atoms with E-state index in [9.17, 15) is 4.79 Å². The van der Waals surface area contributed by atoms with Crippen molar-refractivity contribution in [2.24, 2.45) is 17.6 Å². The van der Waals surface area contributed by atoms with E-state index in [1.807, 2.05) is 0 Å². The Morgan fingerprint density at radius 2 is 2.06 bits per heavy atom. The topological polar surface area (TPSA) is 58.4 Å². The van der Waals surface area contributed by atoms with E-state index in [1.165, 1.54) is 45.2 Å². The molecule has 2 atom stereocenters. The van der Waals surface area contributed by atoms with Gasteiger partial charge in [0.25, 0.3) is 0 Å². The molecule has 0 aromatic carbocycles. The maximum atomic E-state index is 11.8. The van der Waals surface area contributed by atoms with Crippen LogP contribution >= 0.6 is 0 Å². The molecule has 18 heavy (non-hydrogen) atoms. The summed E-state index contributed by atoms with van der Waals surface area (Å²) in [7, 11) is 0. The van der Waals surface area contributed by atoms with Crippen molar-refractivity contribution < 1.29 is 4.79 Å². The molecule has 0 aromatic heterocycles. The highest BCUT2D eigenvalue weighted by atomic mass is 16.1. The lowest BCUT2D eigenvalue weighted by molar-refractivity contribution is -0.121. The van der Waals surface area contributed by atoms with Crippen LogP contribution in [0.15, 0.2) is 0 Å². The second kappa shape index (κ2) is 5.17. The van der Waals surface area contributed by atoms with E-state index < -0.39 is 0 Å². The number of nitrogens with zero attached hydrogens (tertiary/aromatic N) is 1. The van der Waals surface area contributed by atoms with Gasteiger partial charge in [-0.3, -0.25) is 4.79 Å². The molecule has 3 N–H and O–H groups in total. The van der Waals surface area contributed by atoms with Gasteiger partial charge in [-0.2, -0.15) is 0 Å². The predicted molar refractivity (Wildman–Crippen MR) is 71.0 cm³/mol. The van der Waals surface area contributed by atoms with Crippen LogP contribution in [-0.2, 0) is 4.79 Å². The Labute approximate surface area is 109 Å². The molecule has 0 spiro atoms. The SMILES string of the molecule is NC(CC(=O)NCC1CCN(C2CC2)C1)C1CC1. The van der Waals surface area contributed by atoms with E-state index >= 15 is 0 Å². The summed E-state index contributed by atoms with van der Waals surface area (Å²) in [5, 5.41) is 3.07. The molecule has 2 aliphatic carbocycles. The Kier molecular flexibility index (Phi) is 3.57. The predicted octanol–water partition coefficient (Wildman–Crippen LogP) is 0.714. The lowest BCUT2D eigenvalue weighted by Gasteiger charge is -2.16. The Morgan fingerprint density at radius 1 is 1.28 bits per heavy atom. The van der Waals surface area contributed by atoms with Gasteiger partial charge in [-0.1, -0.05) is 0 Å². The van der Waals surface area contributed by atoms with Crippen molar-refractivity contribution in [2.45, 2.75) is 50.6 Å². The van der Waals surface area contributed by atoms with Crippen molar-refractivity contribution in [1.29, 1.82) is 0 Å². The molecular weight excluding hydrogens is 226 g/mol. The standard InChI is InChI=1S/C14H25N3O/c15-13(11-1-2-11)7-14(18)16-8-10-5-6-17(9-10)12-3-4-12/h10-13H,1-9,15H2,(H,16,18). The third-order valence-electron chi connectivity index (χ3n) is 4.62. The average molecular weight is 251 g/mol. The molecule has 1 saturated heterocycles. The third kappa shape index (κ3) is 3.23. The number of likely N-dealkylation sites (tertiary alicyclic amines) is 1. The lowest BCUT2D eigenvalue weighted by atomic mass is 10.1. The summed E-state index contributed by atoms with van der Waals surface area (Å²) in [5.74, 6) is 1.43. The molecule has 3 fully saturated rings. The van der Waals surface area contributed by atoms with E-state index in [2.05, 4.69) is 10.2 Å². The first-order chi connectivity index (χ1) is 8.72. The van der Waals surface area contributed by atoms with Gasteiger partial charge in [-0.15, -0.1) is 0 Å². The molecule has 0 radical (unpaired) electrons. The quantitative estimate of drug-likeness (QED) is 0.731. The van der Waals surface area contributed by atoms with Gasteiger partial charge in [0.1, 0.15) is 0 Å². The molecule has 0 aromatic rings. The van der Waals surface area contributed by atoms with Crippen molar-refractivity contribution in [3.8, 4) is 0 Å². The van der Waals surface area contributed by atoms with Crippen molar-refractivity contribution in [1.82, 2.24) is 10.2 Å². The minimum Gasteiger partial charge on any atom is -0.356 e. The molecule has 2 saturated carbocycles. The molecule has 3 aliphatic rings. The minimum absolute atomic E-state index is 0.0940. The van der Waals surface area contributed by atoms with E-state index in [4.69, 9.17) is 5.73 Å². The normalized spacial score (nSPS) is 30.4. The first kappa shape index (κ1) is 12.4. The van der Waals surface area contributed by atoms with Gasteiger partial charge in [0.15, 0.2) is 0 Å². The number of rotatable bonds is 6. The summed E-state index contributed by atoms with van der Waals surface area (Å²) in [6, 6.07) is 0.963. The van der Waals surface area contributed by atoms with E-state index in [1.54, 1.807) is 0 Å². The largest absolute Gasteiger partial charge is 0.356 e. The van der Waals surface area contributed by atoms with Crippen molar-refractivity contribution in [3.05, 3.63) is 0 Å². The Balaban J connectivity index is 1.32. The molecule has 4 heteroatoms. The minimum atomic E-state index is 0.0940. The van der Waals surface area contributed by atoms with Crippen LogP contribution in [0.4, 0.5) is 0 Å². The molecule has 3 rings (SSSR count). The van der Waals surface area contributed by atoms with Crippen LogP contribution in [0.3, 0.4) is 0 Å². The van der Waals surface area contributed by atoms with E-state index in [-0.39, 0.29) is 11.9 Å². The van der Waals surface area contributed by atoms with Crippen molar-refractivity contribution >= 4 is 5.91 Å². The fourth-order valence-electron chi connectivity index (χ4n) is 3.04. The maximum absolute atomic E-state index is 11.8. The van der Waals surface area contributed by atoms with E-state index in [0.29, 0.717) is 18.3 Å². The van der Waals surface area contributed by atoms with Gasteiger partial charge < -0.3 is 16.0 Å². The molecule has 1 amide bonds. The van der Waals surface area contributed by atoms with Crippen LogP contribution < -0.4 is 11.1 Å². The fraction of sp³-hybridized carbons (Fsp3) is 0.929. The highest BCUT2D eigenvalue weighted by Crippen LogP contribution is 2.33. The summed E-state index contributed by atoms with van der Waals surface area (Å²) in [5.41, 5.74) is 5.96. The summed E-state index contributed by atoms with van der Waals surface area (Å²) < 4.78 is 0. The zero-order valence-electron chi connectivity index (χ0n) is 11.1. The highest BCUT2D eigenvalue weighted by molar-refractivity contribution is 5.76. The molecule has 102 valence electrons. The highest BCUT2D eigenvalue weighted by Gasteiger charge is 2.34. The molecule has 0 bridgehead atoms. The number of amides is 1. The second-order valence-corrected chi connectivity index (χ2v) is 6.39. The van der Waals surface area contributed by atoms with Gasteiger partial charge in [0, 0.05) is 31.6 Å². The van der Waals surface area contributed by atoms with Crippen LogP contribution in [-0.4, -0.2) is 42.5 Å². The van der Waals surface area contributed by atoms with E-state index in [0.717, 1.165) is 12.6 Å². The van der Waals surface area contributed by atoms with Gasteiger partial charge >= 0.3 is 0 Å². The first-order valence-corrected chi connectivity index (χ1v) is 7.48. The molecule has 1 aliphatic heterocycles. The van der Waals surface area contributed by atoms with Crippen LogP contribution in [0, 0.1) is 11.8 Å². The van der Waals surface area contributed by atoms with Gasteiger partial charge in [0.05, 0.1) is 0 Å². The molecule has 4 nitrogen and oxygen atoms in total. The number of nitrogens with one attached hydrogen (secondary N) is 1. The van der Waals surface area contributed by atoms with Crippen LogP contribution in [0.1, 0.15) is 38.5 Å². The number of nitrogens with two attached hydrogens (primary N) is 1. The molecular formula is C14H25N3O. The monoisotopic (exact) mass is 251 g/mol. The molecule has 1 heterocycles. The zero-order chi connectivity index (χ0) is 12.5. The Bertz CT molecular complexity index is 312. The number of hydrogen-bond acceptors (Lipinski definition) is 3. The zero-order valence-corrected chi connectivity index (χ0v) is 11.1. The summed E-state index contributed by atoms with van der Waals surface area (Å²) in [4.78, 5) is 14.4. The maximum Gasteiger partial charge on any atom is 0.221 e. The number of carbonyl (C=O) groups is 1. The summed E-state index contributed by atoms with van der Waals surface area (Å²) in [6.07, 6.45) is 6.96. The smallest absolute Gasteiger partial charge is 0.221 e. The average Bonchev–Trinajstić information content (AvgIpc) is 3.24. The second-order valence-electron chi connectivity index (χ2n) is 6.39. The van der Waals surface area contributed by atoms with Gasteiger partial charge in [-0.05, 0) is 50.5 Å². The Morgan fingerprint density at radius 3 is 2.72 bits per heavy atom. The molecule has 2 unspecified atom stereocenters. The van der Waals surface area contributed by atoms with Gasteiger partial charge in [0.2, 0.25) is 5.91 Å². The van der Waals surface area contributed by atoms with Gasteiger partial charge in [-0.25, -0.2) is 0 Å². The van der Waals surface area contributed by atoms with Crippen LogP contribution in [0.2, 0.25) is 0 Å². The number of carbonyl (C=O) groups excluding carboxylic acids is 1. The summed E-state index contributed by atoms with van der Waals surface area (Å²) >= 11 is 0. The number of hydrogen-bond donors (Lipinski definition) is 2.